The number of nitrogens with zero attached hydrogens (tertiary/aromatic N) is 1. The molecule has 0 saturated carbocycles. The smallest absolute Gasteiger partial charge is 0.331 e. The fraction of sp³-hybridized carbons (Fsp3) is 0.182. The van der Waals surface area contributed by atoms with Crippen molar-refractivity contribution >= 4 is 33.8 Å². The van der Waals surface area contributed by atoms with Crippen LogP contribution in [0.5, 0.6) is 5.75 Å². The second-order valence-corrected chi connectivity index (χ2v) is 7.11. The molecule has 150 valence electrons. The topological polar surface area (TPSA) is 70.7 Å². The van der Waals surface area contributed by atoms with Crippen molar-refractivity contribution in [3.05, 3.63) is 75.9 Å². The summed E-state index contributed by atoms with van der Waals surface area (Å²) in [5, 5.41) is 0. The highest BCUT2D eigenvalue weighted by atomic mass is 79.9. The molecule has 6 nitrogen and oxygen atoms in total. The number of benzene rings is 1. The lowest BCUT2D eigenvalue weighted by molar-refractivity contribution is -0.136. The van der Waals surface area contributed by atoms with Crippen molar-refractivity contribution in [1.29, 1.82) is 0 Å². The predicted octanol–water partition coefficient (Wildman–Crippen LogP) is 4.90. The fourth-order valence-electron chi connectivity index (χ4n) is 3.00. The van der Waals surface area contributed by atoms with Crippen LogP contribution in [0.2, 0.25) is 0 Å². The van der Waals surface area contributed by atoms with E-state index in [0.717, 1.165) is 22.8 Å². The lowest BCUT2D eigenvalue weighted by Crippen LogP contribution is -2.13. The Morgan fingerprint density at radius 2 is 1.86 bits per heavy atom. The molecule has 3 aromatic rings. The molecular weight excluding hydrogens is 438 g/mol. The Kier molecular flexibility index (Phi) is 6.39. The van der Waals surface area contributed by atoms with Crippen molar-refractivity contribution in [3.63, 3.8) is 0 Å². The number of aryl methyl sites for hydroxylation is 1. The second-order valence-electron chi connectivity index (χ2n) is 6.32. The molecule has 0 unspecified atom stereocenters. The number of Topliss-reactive ketones (excluding diaryl/α,β-unsaturated/α-hetero) is 1. The molecule has 0 radical (unpaired) electrons. The Morgan fingerprint density at radius 3 is 2.48 bits per heavy atom. The second kappa shape index (κ2) is 8.96. The molecule has 0 spiro atoms. The number of halogens is 1. The van der Waals surface area contributed by atoms with Gasteiger partial charge in [-0.3, -0.25) is 4.79 Å². The molecule has 0 aliphatic rings. The number of carbonyl (C=O) groups excluding carboxylic acids is 2. The van der Waals surface area contributed by atoms with Gasteiger partial charge in [0.25, 0.3) is 0 Å². The minimum Gasteiger partial charge on any atom is -0.497 e. The molecular formula is C22H20BrNO5. The van der Waals surface area contributed by atoms with E-state index in [9.17, 15) is 9.59 Å². The molecule has 0 aliphatic heterocycles. The summed E-state index contributed by atoms with van der Waals surface area (Å²) < 4.78 is 18.1. The number of furan rings is 1. The highest BCUT2D eigenvalue weighted by Gasteiger charge is 2.18. The van der Waals surface area contributed by atoms with E-state index >= 15 is 0 Å². The molecule has 2 heterocycles. The van der Waals surface area contributed by atoms with Crippen molar-refractivity contribution in [2.75, 3.05) is 13.7 Å². The Balaban J connectivity index is 1.68. The van der Waals surface area contributed by atoms with Gasteiger partial charge >= 0.3 is 5.97 Å². The summed E-state index contributed by atoms with van der Waals surface area (Å²) in [4.78, 5) is 24.5. The maximum absolute atomic E-state index is 12.6. The van der Waals surface area contributed by atoms with Crippen LogP contribution in [-0.2, 0) is 9.53 Å². The van der Waals surface area contributed by atoms with Crippen molar-refractivity contribution in [2.24, 2.45) is 0 Å². The van der Waals surface area contributed by atoms with Gasteiger partial charge in [0.2, 0.25) is 5.78 Å². The number of ether oxygens (including phenoxy) is 2. The van der Waals surface area contributed by atoms with Gasteiger partial charge in [-0.25, -0.2) is 4.79 Å². The van der Waals surface area contributed by atoms with Gasteiger partial charge < -0.3 is 18.5 Å². The summed E-state index contributed by atoms with van der Waals surface area (Å²) in [6, 6.07) is 12.8. The molecule has 0 fully saturated rings. The van der Waals surface area contributed by atoms with Gasteiger partial charge in [-0.05, 0) is 78.3 Å². The first-order valence-corrected chi connectivity index (χ1v) is 9.65. The average molecular weight is 458 g/mol. The number of methoxy groups -OCH3 is 1. The first kappa shape index (κ1) is 20.7. The summed E-state index contributed by atoms with van der Waals surface area (Å²) in [7, 11) is 1.61. The van der Waals surface area contributed by atoms with E-state index in [1.807, 2.05) is 42.7 Å². The minimum atomic E-state index is -0.616. The molecule has 29 heavy (non-hydrogen) atoms. The number of ketones is 1. The standard InChI is InChI=1S/C22H20BrNO5/c1-14-12-19(15(2)24(14)16-4-6-17(27-3)7-5-16)20(25)13-28-22(26)11-9-18-8-10-21(23)29-18/h4-12H,13H2,1-3H3. The minimum absolute atomic E-state index is 0.264. The molecule has 0 N–H and O–H groups in total. The van der Waals surface area contributed by atoms with Gasteiger partial charge in [0, 0.05) is 28.7 Å². The zero-order chi connectivity index (χ0) is 21.0. The average Bonchev–Trinajstić information content (AvgIpc) is 3.27. The van der Waals surface area contributed by atoms with Gasteiger partial charge in [0.15, 0.2) is 11.3 Å². The van der Waals surface area contributed by atoms with E-state index in [0.29, 0.717) is 16.0 Å². The van der Waals surface area contributed by atoms with E-state index in [4.69, 9.17) is 13.9 Å². The van der Waals surface area contributed by atoms with Crippen molar-refractivity contribution in [3.8, 4) is 11.4 Å². The Bertz CT molecular complexity index is 1060. The zero-order valence-corrected chi connectivity index (χ0v) is 17.9. The fourth-order valence-corrected chi connectivity index (χ4v) is 3.32. The van der Waals surface area contributed by atoms with Gasteiger partial charge in [-0.2, -0.15) is 0 Å². The van der Waals surface area contributed by atoms with E-state index in [1.54, 1.807) is 25.3 Å². The number of carbonyl (C=O) groups is 2. The number of rotatable bonds is 7. The van der Waals surface area contributed by atoms with Crippen LogP contribution in [0.15, 0.2) is 57.6 Å². The maximum atomic E-state index is 12.6. The molecule has 3 rings (SSSR count). The Hall–Kier alpha value is -3.06. The largest absolute Gasteiger partial charge is 0.497 e. The normalized spacial score (nSPS) is 11.0. The first-order valence-electron chi connectivity index (χ1n) is 8.86. The van der Waals surface area contributed by atoms with Crippen LogP contribution in [0.4, 0.5) is 0 Å². The van der Waals surface area contributed by atoms with Gasteiger partial charge in [-0.1, -0.05) is 0 Å². The van der Waals surface area contributed by atoms with Gasteiger partial charge in [0.05, 0.1) is 7.11 Å². The summed E-state index contributed by atoms with van der Waals surface area (Å²) in [6.07, 6.45) is 2.70. The van der Waals surface area contributed by atoms with E-state index in [1.165, 1.54) is 12.2 Å². The van der Waals surface area contributed by atoms with Gasteiger partial charge in [-0.15, -0.1) is 0 Å². The Labute approximate surface area is 176 Å². The molecule has 0 atom stereocenters. The van der Waals surface area contributed by atoms with Crippen LogP contribution in [0.3, 0.4) is 0 Å². The van der Waals surface area contributed by atoms with Crippen molar-refractivity contribution < 1.29 is 23.5 Å². The van der Waals surface area contributed by atoms with Crippen LogP contribution >= 0.6 is 15.9 Å². The third-order valence-electron chi connectivity index (χ3n) is 4.39. The zero-order valence-electron chi connectivity index (χ0n) is 16.3. The van der Waals surface area contributed by atoms with Crippen LogP contribution in [0, 0.1) is 13.8 Å². The third-order valence-corrected chi connectivity index (χ3v) is 4.81. The molecule has 0 amide bonds. The Morgan fingerprint density at radius 1 is 1.14 bits per heavy atom. The number of aromatic nitrogens is 1. The summed E-state index contributed by atoms with van der Waals surface area (Å²) >= 11 is 3.18. The van der Waals surface area contributed by atoms with E-state index in [2.05, 4.69) is 15.9 Å². The summed E-state index contributed by atoms with van der Waals surface area (Å²) in [5.74, 6) is 0.382. The maximum Gasteiger partial charge on any atom is 0.331 e. The SMILES string of the molecule is COc1ccc(-n2c(C)cc(C(=O)COC(=O)C=Cc3ccc(Br)o3)c2C)cc1. The van der Waals surface area contributed by atoms with Crippen molar-refractivity contribution in [2.45, 2.75) is 13.8 Å². The number of hydrogen-bond acceptors (Lipinski definition) is 5. The molecule has 1 aromatic carbocycles. The highest BCUT2D eigenvalue weighted by Crippen LogP contribution is 2.23. The van der Waals surface area contributed by atoms with Crippen LogP contribution in [0.1, 0.15) is 27.5 Å². The highest BCUT2D eigenvalue weighted by molar-refractivity contribution is 9.10. The van der Waals surface area contributed by atoms with E-state index < -0.39 is 5.97 Å². The molecule has 0 saturated heterocycles. The van der Waals surface area contributed by atoms with Gasteiger partial charge in [0.1, 0.15) is 11.5 Å². The van der Waals surface area contributed by atoms with Crippen LogP contribution in [-0.4, -0.2) is 30.0 Å². The third kappa shape index (κ3) is 4.86. The molecule has 7 heteroatoms. The number of hydrogen-bond donors (Lipinski definition) is 0. The first-order chi connectivity index (χ1) is 13.9. The summed E-state index contributed by atoms with van der Waals surface area (Å²) in [6.45, 7) is 3.45. The van der Waals surface area contributed by atoms with Crippen LogP contribution in [0.25, 0.3) is 11.8 Å². The quantitative estimate of drug-likeness (QED) is 0.286. The van der Waals surface area contributed by atoms with E-state index in [-0.39, 0.29) is 12.4 Å². The lowest BCUT2D eigenvalue weighted by atomic mass is 10.1. The lowest BCUT2D eigenvalue weighted by Gasteiger charge is -2.10. The molecule has 0 bridgehead atoms. The molecule has 0 aliphatic carbocycles. The van der Waals surface area contributed by atoms with Crippen LogP contribution < -0.4 is 4.74 Å². The van der Waals surface area contributed by atoms with Crippen molar-refractivity contribution in [1.82, 2.24) is 4.57 Å². The summed E-state index contributed by atoms with van der Waals surface area (Å²) in [5.41, 5.74) is 3.13. The predicted molar refractivity (Wildman–Crippen MR) is 113 cm³/mol. The number of esters is 1. The monoisotopic (exact) mass is 457 g/mol. The molecule has 2 aromatic heterocycles.